The molecule has 2 N–H and O–H groups in total. The van der Waals surface area contributed by atoms with Crippen molar-refractivity contribution >= 4 is 28.7 Å². The molecular formula is C23H24N2O5. The zero-order valence-corrected chi connectivity index (χ0v) is 16.9. The third-order valence-corrected chi connectivity index (χ3v) is 4.85. The lowest BCUT2D eigenvalue weighted by Gasteiger charge is -2.16. The van der Waals surface area contributed by atoms with E-state index in [1.54, 1.807) is 18.3 Å². The summed E-state index contributed by atoms with van der Waals surface area (Å²) in [7, 11) is 1.26. The van der Waals surface area contributed by atoms with Gasteiger partial charge in [0.1, 0.15) is 6.04 Å². The average molecular weight is 408 g/mol. The molecule has 1 heterocycles. The first-order chi connectivity index (χ1) is 14.5. The third kappa shape index (κ3) is 5.05. The molecule has 0 bridgehead atoms. The smallest absolute Gasteiger partial charge is 0.338 e. The molecule has 0 saturated carbocycles. The summed E-state index contributed by atoms with van der Waals surface area (Å²) in [5.41, 5.74) is 3.27. The first-order valence-corrected chi connectivity index (χ1v) is 9.70. The molecule has 0 radical (unpaired) electrons. The number of nitrogens with one attached hydrogen (secondary N) is 2. The lowest BCUT2D eigenvalue weighted by atomic mass is 10.0. The maximum Gasteiger partial charge on any atom is 0.338 e. The van der Waals surface area contributed by atoms with Crippen molar-refractivity contribution in [2.24, 2.45) is 0 Å². The largest absolute Gasteiger partial charge is 0.467 e. The Bertz CT molecular complexity index is 1040. The molecule has 7 nitrogen and oxygen atoms in total. The van der Waals surface area contributed by atoms with Crippen LogP contribution in [-0.4, -0.2) is 42.6 Å². The summed E-state index contributed by atoms with van der Waals surface area (Å²) in [4.78, 5) is 39.7. The number of carbonyl (C=O) groups is 3. The number of H-pyrrole nitrogens is 1. The van der Waals surface area contributed by atoms with Gasteiger partial charge in [-0.25, -0.2) is 9.59 Å². The normalized spacial score (nSPS) is 11.7. The number of fused-ring (bicyclic) bond motifs is 1. The minimum atomic E-state index is -0.899. The highest BCUT2D eigenvalue weighted by molar-refractivity contribution is 5.92. The maximum atomic E-state index is 12.3. The number of benzene rings is 2. The molecule has 30 heavy (non-hydrogen) atoms. The zero-order chi connectivity index (χ0) is 21.5. The van der Waals surface area contributed by atoms with E-state index in [0.717, 1.165) is 28.5 Å². The molecule has 156 valence electrons. The van der Waals surface area contributed by atoms with Crippen LogP contribution in [0.5, 0.6) is 0 Å². The maximum absolute atomic E-state index is 12.3. The van der Waals surface area contributed by atoms with Crippen LogP contribution in [0.4, 0.5) is 0 Å². The van der Waals surface area contributed by atoms with Crippen molar-refractivity contribution in [3.63, 3.8) is 0 Å². The van der Waals surface area contributed by atoms with Crippen LogP contribution in [0.25, 0.3) is 10.9 Å². The number of aryl methyl sites for hydroxylation is 1. The van der Waals surface area contributed by atoms with Gasteiger partial charge >= 0.3 is 11.9 Å². The fourth-order valence-corrected chi connectivity index (χ4v) is 3.18. The topological polar surface area (TPSA) is 97.5 Å². The van der Waals surface area contributed by atoms with Crippen LogP contribution in [0.15, 0.2) is 54.7 Å². The highest BCUT2D eigenvalue weighted by Crippen LogP contribution is 2.19. The predicted octanol–water partition coefficient (Wildman–Crippen LogP) is 2.79. The number of ether oxygens (including phenoxy) is 2. The predicted molar refractivity (Wildman–Crippen MR) is 112 cm³/mol. The molecule has 2 aromatic carbocycles. The molecule has 0 fully saturated rings. The standard InChI is InChI=1S/C23H24N2O5/c1-3-15-8-10-16(11-9-15)22(27)30-14-21(26)25-20(23(28)29-2)12-17-13-24-19-7-5-4-6-18(17)19/h4-11,13,20,24H,3,12,14H2,1-2H3,(H,25,26)/t20-/m1/s1. The Labute approximate surface area is 174 Å². The summed E-state index contributed by atoms with van der Waals surface area (Å²) in [6.45, 7) is 1.53. The third-order valence-electron chi connectivity index (χ3n) is 4.85. The lowest BCUT2D eigenvalue weighted by Crippen LogP contribution is -2.44. The van der Waals surface area contributed by atoms with Gasteiger partial charge in [-0.05, 0) is 35.7 Å². The van der Waals surface area contributed by atoms with E-state index in [1.807, 2.05) is 43.3 Å². The Morgan fingerprint density at radius 2 is 1.80 bits per heavy atom. The lowest BCUT2D eigenvalue weighted by molar-refractivity contribution is -0.145. The van der Waals surface area contributed by atoms with E-state index in [-0.39, 0.29) is 6.42 Å². The Kier molecular flexibility index (Phi) is 6.85. The highest BCUT2D eigenvalue weighted by atomic mass is 16.5. The molecule has 1 atom stereocenters. The molecule has 7 heteroatoms. The second kappa shape index (κ2) is 9.73. The van der Waals surface area contributed by atoms with Gasteiger partial charge in [0.05, 0.1) is 12.7 Å². The fraction of sp³-hybridized carbons (Fsp3) is 0.261. The van der Waals surface area contributed by atoms with E-state index < -0.39 is 30.5 Å². The van der Waals surface area contributed by atoms with Gasteiger partial charge < -0.3 is 19.8 Å². The fourth-order valence-electron chi connectivity index (χ4n) is 3.18. The Morgan fingerprint density at radius 1 is 1.07 bits per heavy atom. The number of aromatic nitrogens is 1. The van der Waals surface area contributed by atoms with Crippen LogP contribution < -0.4 is 5.32 Å². The molecule has 3 aromatic rings. The second-order valence-corrected chi connectivity index (χ2v) is 6.83. The van der Waals surface area contributed by atoms with Crippen molar-refractivity contribution in [2.75, 3.05) is 13.7 Å². The molecule has 1 aromatic heterocycles. The van der Waals surface area contributed by atoms with Crippen LogP contribution in [0, 0.1) is 0 Å². The van der Waals surface area contributed by atoms with E-state index in [9.17, 15) is 14.4 Å². The summed E-state index contributed by atoms with van der Waals surface area (Å²) in [6, 6.07) is 13.8. The second-order valence-electron chi connectivity index (χ2n) is 6.83. The summed E-state index contributed by atoms with van der Waals surface area (Å²) >= 11 is 0. The van der Waals surface area contributed by atoms with Gasteiger partial charge in [0.2, 0.25) is 0 Å². The molecule has 0 spiro atoms. The summed E-state index contributed by atoms with van der Waals surface area (Å²) in [5, 5.41) is 3.55. The molecule has 0 aliphatic carbocycles. The van der Waals surface area contributed by atoms with Gasteiger partial charge in [0.25, 0.3) is 5.91 Å². The molecule has 3 rings (SSSR count). The van der Waals surface area contributed by atoms with E-state index >= 15 is 0 Å². The average Bonchev–Trinajstić information content (AvgIpc) is 3.19. The van der Waals surface area contributed by atoms with Crippen LogP contribution in [0.2, 0.25) is 0 Å². The van der Waals surface area contributed by atoms with Gasteiger partial charge in [0.15, 0.2) is 6.61 Å². The first-order valence-electron chi connectivity index (χ1n) is 9.70. The van der Waals surface area contributed by atoms with E-state index in [2.05, 4.69) is 10.3 Å². The van der Waals surface area contributed by atoms with Crippen molar-refractivity contribution in [3.05, 3.63) is 71.4 Å². The van der Waals surface area contributed by atoms with Crippen molar-refractivity contribution in [2.45, 2.75) is 25.8 Å². The first kappa shape index (κ1) is 21.1. The summed E-state index contributed by atoms with van der Waals surface area (Å²) in [5.74, 6) is -1.75. The molecule has 0 unspecified atom stereocenters. The monoisotopic (exact) mass is 408 g/mol. The van der Waals surface area contributed by atoms with Gasteiger partial charge in [-0.15, -0.1) is 0 Å². The summed E-state index contributed by atoms with van der Waals surface area (Å²) < 4.78 is 9.89. The molecule has 1 amide bonds. The number of amides is 1. The SMILES string of the molecule is CCc1ccc(C(=O)OCC(=O)N[C@H](Cc2c[nH]c3ccccc23)C(=O)OC)cc1. The van der Waals surface area contributed by atoms with Gasteiger partial charge in [-0.2, -0.15) is 0 Å². The van der Waals surface area contributed by atoms with Crippen LogP contribution >= 0.6 is 0 Å². The molecule has 0 aliphatic rings. The summed E-state index contributed by atoms with van der Waals surface area (Å²) in [6.07, 6.45) is 2.91. The van der Waals surface area contributed by atoms with Gasteiger partial charge in [-0.1, -0.05) is 37.3 Å². The number of hydrogen-bond acceptors (Lipinski definition) is 5. The van der Waals surface area contributed by atoms with Gasteiger partial charge in [0, 0.05) is 23.5 Å². The van der Waals surface area contributed by atoms with Crippen molar-refractivity contribution in [1.82, 2.24) is 10.3 Å². The van der Waals surface area contributed by atoms with Crippen LogP contribution in [0.1, 0.15) is 28.4 Å². The van der Waals surface area contributed by atoms with Crippen molar-refractivity contribution in [1.29, 1.82) is 0 Å². The zero-order valence-electron chi connectivity index (χ0n) is 16.9. The van der Waals surface area contributed by atoms with E-state index in [1.165, 1.54) is 7.11 Å². The van der Waals surface area contributed by atoms with Gasteiger partial charge in [-0.3, -0.25) is 4.79 Å². The molecule has 0 saturated heterocycles. The highest BCUT2D eigenvalue weighted by Gasteiger charge is 2.24. The quantitative estimate of drug-likeness (QED) is 0.559. The molecule has 0 aliphatic heterocycles. The number of carbonyl (C=O) groups excluding carboxylic acids is 3. The number of hydrogen-bond donors (Lipinski definition) is 2. The van der Waals surface area contributed by atoms with Crippen LogP contribution in [0.3, 0.4) is 0 Å². The van der Waals surface area contributed by atoms with Crippen molar-refractivity contribution in [3.8, 4) is 0 Å². The number of aromatic amines is 1. The van der Waals surface area contributed by atoms with E-state index in [4.69, 9.17) is 9.47 Å². The number of esters is 2. The number of rotatable bonds is 8. The Morgan fingerprint density at radius 3 is 2.50 bits per heavy atom. The minimum absolute atomic E-state index is 0.245. The van der Waals surface area contributed by atoms with E-state index in [0.29, 0.717) is 5.56 Å². The molecular weight excluding hydrogens is 384 g/mol. The number of para-hydroxylation sites is 1. The van der Waals surface area contributed by atoms with Crippen molar-refractivity contribution < 1.29 is 23.9 Å². The minimum Gasteiger partial charge on any atom is -0.467 e. The Hall–Kier alpha value is -3.61. The number of methoxy groups -OCH3 is 1. The Balaban J connectivity index is 1.61. The van der Waals surface area contributed by atoms with Crippen LogP contribution in [-0.2, 0) is 31.9 Å².